The Morgan fingerprint density at radius 1 is 1.14 bits per heavy atom. The van der Waals surface area contributed by atoms with E-state index in [0.717, 1.165) is 44.5 Å². The Labute approximate surface area is 170 Å². The zero-order valence-corrected chi connectivity index (χ0v) is 17.2. The smallest absolute Gasteiger partial charge is 0.409 e. The highest BCUT2D eigenvalue weighted by Gasteiger charge is 2.50. The van der Waals surface area contributed by atoms with Gasteiger partial charge in [0.15, 0.2) is 5.60 Å². The molecule has 1 unspecified atom stereocenters. The molecule has 3 heterocycles. The lowest BCUT2D eigenvalue weighted by molar-refractivity contribution is -0.143. The van der Waals surface area contributed by atoms with Crippen molar-refractivity contribution in [2.45, 2.75) is 63.1 Å². The molecule has 0 saturated carbocycles. The number of aliphatic hydroxyl groups is 1. The fourth-order valence-corrected chi connectivity index (χ4v) is 5.27. The molecule has 0 bridgehead atoms. The minimum atomic E-state index is -1.63. The molecular weight excluding hydrogens is 377 g/mol. The van der Waals surface area contributed by atoms with Crippen LogP contribution < -0.4 is 0 Å². The molecule has 2 fully saturated rings. The van der Waals surface area contributed by atoms with Crippen molar-refractivity contribution < 1.29 is 23.8 Å². The van der Waals surface area contributed by atoms with Gasteiger partial charge < -0.3 is 24.5 Å². The predicted octanol–water partition coefficient (Wildman–Crippen LogP) is 2.18. The van der Waals surface area contributed by atoms with E-state index in [4.69, 9.17) is 4.74 Å². The monoisotopic (exact) mass is 407 g/mol. The molecule has 7 nitrogen and oxygen atoms in total. The Morgan fingerprint density at radius 2 is 1.76 bits per heavy atom. The van der Waals surface area contributed by atoms with Crippen LogP contribution in [0.4, 0.5) is 9.18 Å². The summed E-state index contributed by atoms with van der Waals surface area (Å²) in [4.78, 5) is 30.6. The Bertz CT molecular complexity index is 747. The Hall–Kier alpha value is -1.93. The van der Waals surface area contributed by atoms with E-state index < -0.39 is 5.60 Å². The molecule has 29 heavy (non-hydrogen) atoms. The number of carbonyl (C=O) groups excluding carboxylic acids is 2. The van der Waals surface area contributed by atoms with Gasteiger partial charge >= 0.3 is 6.09 Å². The Balaban J connectivity index is 1.38. The van der Waals surface area contributed by atoms with Crippen molar-refractivity contribution in [1.82, 2.24) is 14.7 Å². The lowest BCUT2D eigenvalue weighted by atomic mass is 9.92. The highest BCUT2D eigenvalue weighted by Crippen LogP contribution is 2.43. The number of nitrogens with zero attached hydrogens (tertiary/aromatic N) is 3. The van der Waals surface area contributed by atoms with Crippen LogP contribution in [0.3, 0.4) is 0 Å². The first-order valence-corrected chi connectivity index (χ1v) is 10.6. The third-order valence-electron chi connectivity index (χ3n) is 6.94. The van der Waals surface area contributed by atoms with Gasteiger partial charge in [0.25, 0.3) is 5.91 Å². The van der Waals surface area contributed by atoms with Crippen LogP contribution in [0.2, 0.25) is 0 Å². The molecule has 8 heteroatoms. The topological polar surface area (TPSA) is 73.3 Å². The zero-order valence-electron chi connectivity index (χ0n) is 17.2. The van der Waals surface area contributed by atoms with Gasteiger partial charge in [-0.25, -0.2) is 9.18 Å². The number of hydrogen-bond donors (Lipinski definition) is 1. The van der Waals surface area contributed by atoms with Crippen LogP contribution in [0.1, 0.15) is 45.4 Å². The number of methoxy groups -OCH3 is 1. The standard InChI is InChI=1S/C21H30FN3O4/c1-21(28)17-13-14(22)3-4-18(17)25(19(21)26)16-7-9-23(10-8-16)15-5-11-24(12-6-15)20(27)29-2/h13,15-16,28H,3-12H2,1-2H3. The fourth-order valence-electron chi connectivity index (χ4n) is 5.27. The van der Waals surface area contributed by atoms with E-state index >= 15 is 0 Å². The normalized spacial score (nSPS) is 29.9. The number of allylic oxidation sites excluding steroid dienone is 2. The van der Waals surface area contributed by atoms with E-state index in [1.54, 1.807) is 9.80 Å². The SMILES string of the molecule is COC(=O)N1CCC(N2CCC(N3C(=O)C(C)(O)C4=C3CCC(F)=C4)CC2)CC1. The van der Waals surface area contributed by atoms with Crippen LogP contribution in [0.5, 0.6) is 0 Å². The molecule has 4 rings (SSSR count). The van der Waals surface area contributed by atoms with Crippen molar-refractivity contribution in [2.75, 3.05) is 33.3 Å². The minimum absolute atomic E-state index is 0.0439. The molecule has 0 aromatic carbocycles. The van der Waals surface area contributed by atoms with Gasteiger partial charge in [-0.2, -0.15) is 0 Å². The van der Waals surface area contributed by atoms with Gasteiger partial charge in [-0.15, -0.1) is 0 Å². The van der Waals surface area contributed by atoms with Crippen molar-refractivity contribution in [3.05, 3.63) is 23.2 Å². The van der Waals surface area contributed by atoms with Crippen molar-refractivity contribution >= 4 is 12.0 Å². The minimum Gasteiger partial charge on any atom is -0.453 e. The van der Waals surface area contributed by atoms with E-state index in [1.807, 2.05) is 0 Å². The number of likely N-dealkylation sites (tertiary alicyclic amines) is 2. The van der Waals surface area contributed by atoms with E-state index in [0.29, 0.717) is 31.1 Å². The van der Waals surface area contributed by atoms with Crippen LogP contribution >= 0.6 is 0 Å². The molecule has 1 atom stereocenters. The van der Waals surface area contributed by atoms with E-state index in [2.05, 4.69) is 4.90 Å². The molecule has 0 aromatic heterocycles. The van der Waals surface area contributed by atoms with Crippen LogP contribution in [-0.4, -0.2) is 82.8 Å². The second kappa shape index (κ2) is 7.72. The number of rotatable bonds is 2. The maximum Gasteiger partial charge on any atom is 0.409 e. The molecule has 2 amide bonds. The van der Waals surface area contributed by atoms with Gasteiger partial charge in [-0.3, -0.25) is 4.79 Å². The summed E-state index contributed by atoms with van der Waals surface area (Å²) in [7, 11) is 1.41. The van der Waals surface area contributed by atoms with Crippen LogP contribution in [0.15, 0.2) is 23.2 Å². The summed E-state index contributed by atoms with van der Waals surface area (Å²) >= 11 is 0. The average molecular weight is 407 g/mol. The molecule has 1 N–H and O–H groups in total. The highest BCUT2D eigenvalue weighted by molar-refractivity contribution is 5.94. The molecule has 4 aliphatic rings. The molecule has 0 spiro atoms. The first-order chi connectivity index (χ1) is 13.8. The molecule has 1 aliphatic carbocycles. The maximum absolute atomic E-state index is 13.8. The van der Waals surface area contributed by atoms with E-state index in [1.165, 1.54) is 20.1 Å². The van der Waals surface area contributed by atoms with Crippen LogP contribution in [0.25, 0.3) is 0 Å². The van der Waals surface area contributed by atoms with Crippen molar-refractivity contribution in [1.29, 1.82) is 0 Å². The quantitative estimate of drug-likeness (QED) is 0.760. The Morgan fingerprint density at radius 3 is 2.38 bits per heavy atom. The van der Waals surface area contributed by atoms with Crippen molar-refractivity contribution in [3.63, 3.8) is 0 Å². The lowest BCUT2D eigenvalue weighted by Gasteiger charge is -2.43. The fraction of sp³-hybridized carbons (Fsp3) is 0.714. The molecule has 160 valence electrons. The average Bonchev–Trinajstić information content (AvgIpc) is 2.93. The number of ether oxygens (including phenoxy) is 1. The predicted molar refractivity (Wildman–Crippen MR) is 105 cm³/mol. The van der Waals surface area contributed by atoms with Crippen molar-refractivity contribution in [2.24, 2.45) is 0 Å². The summed E-state index contributed by atoms with van der Waals surface area (Å²) in [5.41, 5.74) is -0.402. The Kier molecular flexibility index (Phi) is 5.42. The molecular formula is C21H30FN3O4. The highest BCUT2D eigenvalue weighted by atomic mass is 19.1. The van der Waals surface area contributed by atoms with Gasteiger partial charge in [0.2, 0.25) is 0 Å². The van der Waals surface area contributed by atoms with Gasteiger partial charge in [-0.1, -0.05) is 0 Å². The summed E-state index contributed by atoms with van der Waals surface area (Å²) in [5.74, 6) is -0.593. The largest absolute Gasteiger partial charge is 0.453 e. The summed E-state index contributed by atoms with van der Waals surface area (Å²) in [6.45, 7) is 4.65. The number of amides is 2. The summed E-state index contributed by atoms with van der Waals surface area (Å²) in [6.07, 6.45) is 5.36. The van der Waals surface area contributed by atoms with E-state index in [-0.39, 0.29) is 30.3 Å². The van der Waals surface area contributed by atoms with E-state index in [9.17, 15) is 19.1 Å². The number of piperidine rings is 2. The lowest BCUT2D eigenvalue weighted by Crippen LogP contribution is -2.53. The van der Waals surface area contributed by atoms with Crippen LogP contribution in [-0.2, 0) is 9.53 Å². The molecule has 2 saturated heterocycles. The number of hydrogen-bond acceptors (Lipinski definition) is 5. The second-order valence-corrected chi connectivity index (χ2v) is 8.65. The van der Waals surface area contributed by atoms with Gasteiger partial charge in [0.1, 0.15) is 5.83 Å². The second-order valence-electron chi connectivity index (χ2n) is 8.65. The maximum atomic E-state index is 13.8. The third-order valence-corrected chi connectivity index (χ3v) is 6.94. The summed E-state index contributed by atoms with van der Waals surface area (Å²) < 4.78 is 18.6. The zero-order chi connectivity index (χ0) is 20.8. The number of halogens is 1. The summed E-state index contributed by atoms with van der Waals surface area (Å²) in [6, 6.07) is 0.484. The summed E-state index contributed by atoms with van der Waals surface area (Å²) in [5, 5.41) is 10.7. The number of carbonyl (C=O) groups is 2. The third kappa shape index (κ3) is 3.57. The van der Waals surface area contributed by atoms with Crippen molar-refractivity contribution in [3.8, 4) is 0 Å². The van der Waals surface area contributed by atoms with Gasteiger partial charge in [0, 0.05) is 56.0 Å². The molecule has 0 radical (unpaired) electrons. The van der Waals surface area contributed by atoms with Gasteiger partial charge in [-0.05, 0) is 45.1 Å². The van der Waals surface area contributed by atoms with Gasteiger partial charge in [0.05, 0.1) is 7.11 Å². The molecule has 0 aromatic rings. The van der Waals surface area contributed by atoms with Crippen LogP contribution in [0, 0.1) is 0 Å². The first-order valence-electron chi connectivity index (χ1n) is 10.6. The first kappa shape index (κ1) is 20.3. The molecule has 3 aliphatic heterocycles.